The number of carbonyl (C=O) groups is 2. The van der Waals surface area contributed by atoms with E-state index in [2.05, 4.69) is 12.2 Å². The van der Waals surface area contributed by atoms with Crippen molar-refractivity contribution < 1.29 is 9.59 Å². The van der Waals surface area contributed by atoms with Crippen LogP contribution in [0.2, 0.25) is 0 Å². The molecule has 1 aliphatic heterocycles. The summed E-state index contributed by atoms with van der Waals surface area (Å²) >= 11 is 5.08. The maximum atomic E-state index is 11.5. The number of aryl methyl sites for hydroxylation is 1. The molecule has 0 bridgehead atoms. The minimum absolute atomic E-state index is 0.159. The van der Waals surface area contributed by atoms with Gasteiger partial charge in [-0.05, 0) is 36.3 Å². The van der Waals surface area contributed by atoms with E-state index in [0.29, 0.717) is 0 Å². The first kappa shape index (κ1) is 12.7. The predicted molar refractivity (Wildman–Crippen MR) is 73.1 cm³/mol. The Kier molecular flexibility index (Phi) is 3.72. The summed E-state index contributed by atoms with van der Waals surface area (Å²) in [5, 5.41) is 3.07. The first-order chi connectivity index (χ1) is 8.61. The van der Waals surface area contributed by atoms with Crippen LogP contribution in [0.5, 0.6) is 0 Å². The molecule has 0 aromatic heterocycles. The summed E-state index contributed by atoms with van der Waals surface area (Å²) in [5.41, 5.74) is 2.00. The smallest absolute Gasteiger partial charge is 0.236 e. The highest BCUT2D eigenvalue weighted by molar-refractivity contribution is 7.80. The van der Waals surface area contributed by atoms with E-state index in [0.717, 1.165) is 17.0 Å². The maximum Gasteiger partial charge on any atom is 0.236 e. The van der Waals surface area contributed by atoms with Gasteiger partial charge in [-0.25, -0.2) is 4.90 Å². The summed E-state index contributed by atoms with van der Waals surface area (Å²) < 4.78 is 0. The Morgan fingerprint density at radius 1 is 1.22 bits per heavy atom. The molecule has 0 aliphatic carbocycles. The van der Waals surface area contributed by atoms with Crippen LogP contribution in [0.25, 0.3) is 0 Å². The van der Waals surface area contributed by atoms with Gasteiger partial charge in [-0.3, -0.25) is 9.59 Å². The molecule has 1 N–H and O–H groups in total. The van der Waals surface area contributed by atoms with Gasteiger partial charge in [0.1, 0.15) is 0 Å². The molecule has 1 saturated heterocycles. The molecule has 18 heavy (non-hydrogen) atoms. The van der Waals surface area contributed by atoms with Gasteiger partial charge in [0.2, 0.25) is 11.8 Å². The first-order valence-corrected chi connectivity index (χ1v) is 6.28. The molecule has 4 nitrogen and oxygen atoms in total. The Morgan fingerprint density at radius 3 is 2.28 bits per heavy atom. The van der Waals surface area contributed by atoms with E-state index in [-0.39, 0.29) is 29.8 Å². The van der Waals surface area contributed by atoms with E-state index in [9.17, 15) is 9.59 Å². The zero-order valence-corrected chi connectivity index (χ0v) is 10.9. The van der Waals surface area contributed by atoms with E-state index in [1.807, 2.05) is 24.3 Å². The number of imide groups is 1. The molecule has 1 fully saturated rings. The van der Waals surface area contributed by atoms with Crippen molar-refractivity contribution in [1.29, 1.82) is 0 Å². The van der Waals surface area contributed by atoms with Gasteiger partial charge in [-0.1, -0.05) is 19.1 Å². The minimum atomic E-state index is -0.234. The topological polar surface area (TPSA) is 49.4 Å². The number of amides is 2. The van der Waals surface area contributed by atoms with Crippen molar-refractivity contribution in [3.05, 3.63) is 29.8 Å². The summed E-state index contributed by atoms with van der Waals surface area (Å²) in [6, 6.07) is 7.74. The Labute approximate surface area is 111 Å². The van der Waals surface area contributed by atoms with Crippen LogP contribution >= 0.6 is 12.2 Å². The van der Waals surface area contributed by atoms with Crippen LogP contribution in [0.15, 0.2) is 24.3 Å². The number of hydrogen-bond donors (Lipinski definition) is 1. The van der Waals surface area contributed by atoms with Gasteiger partial charge >= 0.3 is 0 Å². The fourth-order valence-electron chi connectivity index (χ4n) is 1.81. The molecule has 2 amide bonds. The van der Waals surface area contributed by atoms with E-state index in [1.54, 1.807) is 0 Å². The number of nitrogens with zero attached hydrogens (tertiary/aromatic N) is 1. The van der Waals surface area contributed by atoms with Gasteiger partial charge in [0, 0.05) is 18.5 Å². The molecule has 1 aromatic carbocycles. The summed E-state index contributed by atoms with van der Waals surface area (Å²) in [6.07, 6.45) is 1.46. The molecule has 1 aliphatic rings. The van der Waals surface area contributed by atoms with E-state index in [1.165, 1.54) is 5.56 Å². The largest absolute Gasteiger partial charge is 0.332 e. The van der Waals surface area contributed by atoms with Gasteiger partial charge in [0.15, 0.2) is 5.11 Å². The van der Waals surface area contributed by atoms with E-state index >= 15 is 0 Å². The second kappa shape index (κ2) is 5.27. The van der Waals surface area contributed by atoms with Crippen LogP contribution in [0.3, 0.4) is 0 Å². The van der Waals surface area contributed by atoms with Crippen molar-refractivity contribution in [2.45, 2.75) is 26.2 Å². The van der Waals surface area contributed by atoms with Crippen molar-refractivity contribution in [3.8, 4) is 0 Å². The number of thiocarbonyl (C=S) groups is 1. The fourth-order valence-corrected chi connectivity index (χ4v) is 2.13. The summed E-state index contributed by atoms with van der Waals surface area (Å²) in [5.74, 6) is -0.467. The van der Waals surface area contributed by atoms with Crippen molar-refractivity contribution in [2.24, 2.45) is 0 Å². The van der Waals surface area contributed by atoms with Gasteiger partial charge in [0.05, 0.1) is 0 Å². The van der Waals surface area contributed by atoms with Gasteiger partial charge in [-0.15, -0.1) is 0 Å². The van der Waals surface area contributed by atoms with E-state index < -0.39 is 0 Å². The molecular weight excluding hydrogens is 248 g/mol. The molecule has 0 radical (unpaired) electrons. The lowest BCUT2D eigenvalue weighted by Gasteiger charge is -2.16. The van der Waals surface area contributed by atoms with Gasteiger partial charge < -0.3 is 5.32 Å². The van der Waals surface area contributed by atoms with Crippen molar-refractivity contribution in [2.75, 3.05) is 5.32 Å². The lowest BCUT2D eigenvalue weighted by Crippen LogP contribution is -2.38. The molecule has 2 rings (SSSR count). The quantitative estimate of drug-likeness (QED) is 0.655. The Morgan fingerprint density at radius 2 is 1.78 bits per heavy atom. The lowest BCUT2D eigenvalue weighted by molar-refractivity contribution is -0.133. The summed E-state index contributed by atoms with van der Waals surface area (Å²) in [6.45, 7) is 2.08. The van der Waals surface area contributed by atoms with Gasteiger partial charge in [-0.2, -0.15) is 0 Å². The lowest BCUT2D eigenvalue weighted by atomic mass is 10.1. The fraction of sp³-hybridized carbons (Fsp3) is 0.308. The average Bonchev–Trinajstić information content (AvgIpc) is 2.70. The normalized spacial score (nSPS) is 15.1. The van der Waals surface area contributed by atoms with Crippen molar-refractivity contribution in [1.82, 2.24) is 4.90 Å². The van der Waals surface area contributed by atoms with Crippen LogP contribution in [0.1, 0.15) is 25.3 Å². The van der Waals surface area contributed by atoms with Crippen LogP contribution in [-0.4, -0.2) is 21.8 Å². The second-order valence-corrected chi connectivity index (χ2v) is 4.49. The third-order valence-corrected chi connectivity index (χ3v) is 3.15. The third kappa shape index (κ3) is 2.56. The first-order valence-electron chi connectivity index (χ1n) is 5.87. The zero-order chi connectivity index (χ0) is 13.1. The van der Waals surface area contributed by atoms with Crippen molar-refractivity contribution in [3.63, 3.8) is 0 Å². The van der Waals surface area contributed by atoms with Crippen LogP contribution in [0.4, 0.5) is 5.69 Å². The van der Waals surface area contributed by atoms with E-state index in [4.69, 9.17) is 12.2 Å². The number of likely N-dealkylation sites (tertiary alicyclic amines) is 1. The molecule has 0 atom stereocenters. The summed E-state index contributed by atoms with van der Waals surface area (Å²) in [4.78, 5) is 24.0. The summed E-state index contributed by atoms with van der Waals surface area (Å²) in [7, 11) is 0. The molecule has 0 saturated carbocycles. The molecule has 1 aromatic rings. The molecule has 5 heteroatoms. The second-order valence-electron chi connectivity index (χ2n) is 4.10. The number of nitrogens with one attached hydrogen (secondary N) is 1. The molecule has 1 heterocycles. The standard InChI is InChI=1S/C13H14N2O2S/c1-2-9-3-5-10(6-4-9)14-13(18)15-11(16)7-8-12(15)17/h3-6H,2,7-8H2,1H3,(H,14,18). The van der Waals surface area contributed by atoms with Crippen LogP contribution in [0, 0.1) is 0 Å². The maximum absolute atomic E-state index is 11.5. The molecule has 0 spiro atoms. The highest BCUT2D eigenvalue weighted by Crippen LogP contribution is 2.15. The average molecular weight is 262 g/mol. The third-order valence-electron chi connectivity index (χ3n) is 2.87. The monoisotopic (exact) mass is 262 g/mol. The van der Waals surface area contributed by atoms with Crippen LogP contribution < -0.4 is 5.32 Å². The molecule has 94 valence electrons. The Balaban J connectivity index is 2.06. The Hall–Kier alpha value is -1.75. The number of benzene rings is 1. The predicted octanol–water partition coefficient (Wildman–Crippen LogP) is 2.09. The number of hydrogen-bond acceptors (Lipinski definition) is 3. The van der Waals surface area contributed by atoms with Gasteiger partial charge in [0.25, 0.3) is 0 Å². The minimum Gasteiger partial charge on any atom is -0.332 e. The number of rotatable bonds is 2. The zero-order valence-electron chi connectivity index (χ0n) is 10.1. The SMILES string of the molecule is CCc1ccc(NC(=S)N2C(=O)CCC2=O)cc1. The Bertz CT molecular complexity index is 480. The number of carbonyl (C=O) groups excluding carboxylic acids is 2. The number of anilines is 1. The van der Waals surface area contributed by atoms with Crippen molar-refractivity contribution >= 4 is 34.8 Å². The molecular formula is C13H14N2O2S. The highest BCUT2D eigenvalue weighted by Gasteiger charge is 2.32. The molecule has 0 unspecified atom stereocenters. The highest BCUT2D eigenvalue weighted by atomic mass is 32.1. The van der Waals surface area contributed by atoms with Crippen LogP contribution in [-0.2, 0) is 16.0 Å².